The molecule has 2 aromatic rings. The van der Waals surface area contributed by atoms with Gasteiger partial charge in [0.1, 0.15) is 12.4 Å². The van der Waals surface area contributed by atoms with Crippen molar-refractivity contribution in [1.29, 1.82) is 0 Å². The Kier molecular flexibility index (Phi) is 4.83. The summed E-state index contributed by atoms with van der Waals surface area (Å²) in [6.07, 6.45) is 6.49. The number of carbonyl (C=O) groups is 1. The first kappa shape index (κ1) is 17.3. The Labute approximate surface area is 158 Å². The quantitative estimate of drug-likeness (QED) is 0.869. The summed E-state index contributed by atoms with van der Waals surface area (Å²) in [6, 6.07) is 9.21. The molecule has 4 rings (SSSR count). The van der Waals surface area contributed by atoms with Gasteiger partial charge >= 0.3 is 0 Å². The largest absolute Gasteiger partial charge is 0.487 e. The van der Waals surface area contributed by atoms with Crippen LogP contribution in [0.3, 0.4) is 0 Å². The van der Waals surface area contributed by atoms with Crippen LogP contribution in [0.25, 0.3) is 0 Å². The number of fused-ring (bicyclic) bond motifs is 2. The van der Waals surface area contributed by atoms with Gasteiger partial charge in [0.25, 0.3) is 0 Å². The van der Waals surface area contributed by atoms with Crippen LogP contribution in [-0.2, 0) is 11.4 Å². The molecule has 0 aliphatic carbocycles. The van der Waals surface area contributed by atoms with Crippen molar-refractivity contribution in [3.8, 4) is 5.75 Å². The normalized spacial score (nSPS) is 24.3. The molecule has 6 heteroatoms. The van der Waals surface area contributed by atoms with Crippen LogP contribution in [0.1, 0.15) is 24.8 Å². The Bertz CT molecular complexity index is 795. The smallest absolute Gasteiger partial charge is 0.231 e. The van der Waals surface area contributed by atoms with Crippen LogP contribution in [0.4, 0.5) is 5.69 Å². The van der Waals surface area contributed by atoms with E-state index in [1.807, 2.05) is 18.2 Å². The van der Waals surface area contributed by atoms with Crippen molar-refractivity contribution >= 4 is 23.2 Å². The van der Waals surface area contributed by atoms with E-state index in [1.165, 1.54) is 0 Å². The van der Waals surface area contributed by atoms with E-state index in [-0.39, 0.29) is 11.3 Å². The number of halogens is 1. The zero-order valence-corrected chi connectivity index (χ0v) is 15.3. The van der Waals surface area contributed by atoms with Gasteiger partial charge in [-0.05, 0) is 56.6 Å². The molecular weight excluding hydrogens is 350 g/mol. The van der Waals surface area contributed by atoms with Gasteiger partial charge in [0.05, 0.1) is 10.4 Å². The molecule has 1 aromatic carbocycles. The molecule has 136 valence electrons. The Hall–Kier alpha value is -2.11. The average Bonchev–Trinajstić information content (AvgIpc) is 2.97. The van der Waals surface area contributed by atoms with E-state index in [0.29, 0.717) is 23.1 Å². The summed E-state index contributed by atoms with van der Waals surface area (Å²) in [5.41, 5.74) is 1.45. The second-order valence-corrected chi connectivity index (χ2v) is 7.57. The molecule has 1 aromatic heterocycles. The number of amides is 1. The fourth-order valence-corrected chi connectivity index (χ4v) is 4.13. The van der Waals surface area contributed by atoms with Crippen LogP contribution >= 0.6 is 11.6 Å². The monoisotopic (exact) mass is 371 g/mol. The lowest BCUT2D eigenvalue weighted by molar-refractivity contribution is -0.126. The number of carbonyl (C=O) groups excluding carboxylic acids is 1. The summed E-state index contributed by atoms with van der Waals surface area (Å²) in [5, 5.41) is 3.54. The van der Waals surface area contributed by atoms with Gasteiger partial charge in [0.2, 0.25) is 5.91 Å². The minimum Gasteiger partial charge on any atom is -0.487 e. The van der Waals surface area contributed by atoms with E-state index in [2.05, 4.69) is 15.2 Å². The third kappa shape index (κ3) is 3.55. The predicted molar refractivity (Wildman–Crippen MR) is 101 cm³/mol. The number of hydrogen-bond donors (Lipinski definition) is 1. The highest BCUT2D eigenvalue weighted by molar-refractivity contribution is 6.32. The first-order valence-electron chi connectivity index (χ1n) is 9.00. The zero-order valence-electron chi connectivity index (χ0n) is 14.6. The third-order valence-electron chi connectivity index (χ3n) is 5.35. The van der Waals surface area contributed by atoms with Crippen molar-refractivity contribution in [2.45, 2.75) is 25.9 Å². The van der Waals surface area contributed by atoms with Crippen molar-refractivity contribution in [2.24, 2.45) is 5.41 Å². The van der Waals surface area contributed by atoms with E-state index in [0.717, 1.165) is 44.5 Å². The molecule has 3 heterocycles. The molecule has 2 aliphatic rings. The molecule has 0 radical (unpaired) electrons. The molecule has 2 unspecified atom stereocenters. The Balaban J connectivity index is 1.40. The topological polar surface area (TPSA) is 54.5 Å². The van der Waals surface area contributed by atoms with Crippen LogP contribution in [0.2, 0.25) is 5.02 Å². The van der Waals surface area contributed by atoms with Crippen molar-refractivity contribution in [2.75, 3.05) is 25.0 Å². The summed E-state index contributed by atoms with van der Waals surface area (Å²) in [7, 11) is 0. The molecule has 26 heavy (non-hydrogen) atoms. The predicted octanol–water partition coefficient (Wildman–Crippen LogP) is 3.74. The molecule has 0 spiro atoms. The molecular formula is C20H22ClN3O2. The van der Waals surface area contributed by atoms with Crippen molar-refractivity contribution in [1.82, 2.24) is 9.88 Å². The Morgan fingerprint density at radius 1 is 1.31 bits per heavy atom. The van der Waals surface area contributed by atoms with Gasteiger partial charge < -0.3 is 15.0 Å². The van der Waals surface area contributed by atoms with Crippen LogP contribution in [0.15, 0.2) is 42.7 Å². The van der Waals surface area contributed by atoms with Gasteiger partial charge in [-0.25, -0.2) is 0 Å². The molecule has 5 nitrogen and oxygen atoms in total. The van der Waals surface area contributed by atoms with Crippen LogP contribution in [0, 0.1) is 5.41 Å². The minimum atomic E-state index is -0.236. The van der Waals surface area contributed by atoms with Crippen molar-refractivity contribution < 1.29 is 9.53 Å². The molecule has 2 saturated heterocycles. The highest BCUT2D eigenvalue weighted by Gasteiger charge is 2.46. The van der Waals surface area contributed by atoms with Gasteiger partial charge in [-0.15, -0.1) is 0 Å². The van der Waals surface area contributed by atoms with Gasteiger partial charge in [-0.1, -0.05) is 17.7 Å². The van der Waals surface area contributed by atoms with Gasteiger partial charge in [0.15, 0.2) is 0 Å². The van der Waals surface area contributed by atoms with Crippen molar-refractivity contribution in [3.63, 3.8) is 0 Å². The van der Waals surface area contributed by atoms with Crippen LogP contribution in [0.5, 0.6) is 5.75 Å². The van der Waals surface area contributed by atoms with Crippen LogP contribution < -0.4 is 10.1 Å². The SMILES string of the molecule is O=C(Nc1ccc(OCc2cccnc2)c(Cl)c1)C12CCCN(CC1)C2. The number of rotatable bonds is 5. The van der Waals surface area contributed by atoms with Crippen LogP contribution in [-0.4, -0.2) is 35.4 Å². The molecule has 2 aliphatic heterocycles. The number of benzene rings is 1. The number of hydrogen-bond acceptors (Lipinski definition) is 4. The maximum absolute atomic E-state index is 12.8. The first-order valence-corrected chi connectivity index (χ1v) is 9.38. The fourth-order valence-electron chi connectivity index (χ4n) is 3.90. The van der Waals surface area contributed by atoms with Crippen molar-refractivity contribution in [3.05, 3.63) is 53.3 Å². The minimum absolute atomic E-state index is 0.111. The number of anilines is 1. The van der Waals surface area contributed by atoms with Gasteiger partial charge in [0, 0.05) is 30.2 Å². The molecule has 0 saturated carbocycles. The zero-order chi connectivity index (χ0) is 18.0. The number of nitrogens with one attached hydrogen (secondary N) is 1. The van der Waals surface area contributed by atoms with Gasteiger partial charge in [-0.2, -0.15) is 0 Å². The molecule has 2 bridgehead atoms. The summed E-state index contributed by atoms with van der Waals surface area (Å²) in [5.74, 6) is 0.705. The Morgan fingerprint density at radius 2 is 2.23 bits per heavy atom. The second kappa shape index (κ2) is 7.25. The molecule has 2 atom stereocenters. The molecule has 1 N–H and O–H groups in total. The average molecular weight is 372 g/mol. The lowest BCUT2D eigenvalue weighted by atomic mass is 9.80. The third-order valence-corrected chi connectivity index (χ3v) is 5.65. The molecule has 2 fully saturated rings. The van der Waals surface area contributed by atoms with E-state index in [9.17, 15) is 4.79 Å². The Morgan fingerprint density at radius 3 is 3.04 bits per heavy atom. The lowest BCUT2D eigenvalue weighted by Gasteiger charge is -2.32. The van der Waals surface area contributed by atoms with E-state index in [4.69, 9.17) is 16.3 Å². The summed E-state index contributed by atoms with van der Waals surface area (Å²) >= 11 is 6.34. The number of nitrogens with zero attached hydrogens (tertiary/aromatic N) is 2. The van der Waals surface area contributed by atoms with E-state index < -0.39 is 0 Å². The summed E-state index contributed by atoms with van der Waals surface area (Å²) in [6.45, 7) is 3.41. The van der Waals surface area contributed by atoms with Gasteiger partial charge in [-0.3, -0.25) is 9.78 Å². The fraction of sp³-hybridized carbons (Fsp3) is 0.400. The first-order chi connectivity index (χ1) is 12.6. The standard InChI is InChI=1S/C20H22ClN3O2/c21-17-11-16(4-5-18(17)26-13-15-3-1-8-22-12-15)23-19(25)20-6-2-9-24(14-20)10-7-20/h1,3-5,8,11-12H,2,6-7,9-10,13-14H2,(H,23,25). The second-order valence-electron chi connectivity index (χ2n) is 7.16. The number of pyridine rings is 1. The maximum atomic E-state index is 12.8. The highest BCUT2D eigenvalue weighted by Crippen LogP contribution is 2.40. The number of piperidine rings is 1. The van der Waals surface area contributed by atoms with E-state index >= 15 is 0 Å². The number of ether oxygens (including phenoxy) is 1. The lowest BCUT2D eigenvalue weighted by Crippen LogP contribution is -2.42. The highest BCUT2D eigenvalue weighted by atomic mass is 35.5. The summed E-state index contributed by atoms with van der Waals surface area (Å²) in [4.78, 5) is 19.3. The van der Waals surface area contributed by atoms with E-state index in [1.54, 1.807) is 24.5 Å². The summed E-state index contributed by atoms with van der Waals surface area (Å²) < 4.78 is 5.76. The molecule has 1 amide bonds. The maximum Gasteiger partial charge on any atom is 0.231 e. The number of aromatic nitrogens is 1.